The van der Waals surface area contributed by atoms with E-state index < -0.39 is 0 Å². The minimum Gasteiger partial charge on any atom is -0.149 e. The molecule has 0 unspecified atom stereocenters. The minimum absolute atomic E-state index is 1.00. The largest absolute Gasteiger partial charge is 0.149 e. The summed E-state index contributed by atoms with van der Waals surface area (Å²) in [6, 6.07) is 0. The zero-order valence-corrected chi connectivity index (χ0v) is 6.35. The summed E-state index contributed by atoms with van der Waals surface area (Å²) in [5.41, 5.74) is 0. The van der Waals surface area contributed by atoms with Crippen LogP contribution in [0.2, 0.25) is 0 Å². The topological polar surface area (TPSA) is 0 Å². The molecule has 0 nitrogen and oxygen atoms in total. The highest BCUT2D eigenvalue weighted by Crippen LogP contribution is 1.98. The first-order valence-corrected chi connectivity index (χ1v) is 4.04. The Morgan fingerprint density at radius 3 is 2.75 bits per heavy atom. The van der Waals surface area contributed by atoms with Crippen molar-refractivity contribution in [3.8, 4) is 11.8 Å². The quantitative estimate of drug-likeness (QED) is 0.414. The lowest BCUT2D eigenvalue weighted by Crippen LogP contribution is -1.75. The van der Waals surface area contributed by atoms with E-state index in [0.717, 1.165) is 5.75 Å². The Kier molecular flexibility index (Phi) is 6.83. The van der Waals surface area contributed by atoms with Gasteiger partial charge in [-0.1, -0.05) is 12.8 Å². The molecule has 0 spiro atoms. The molecule has 0 amide bonds. The van der Waals surface area contributed by atoms with E-state index >= 15 is 0 Å². The van der Waals surface area contributed by atoms with Crippen LogP contribution in [-0.2, 0) is 0 Å². The van der Waals surface area contributed by atoms with Crippen molar-refractivity contribution in [3.63, 3.8) is 0 Å². The number of rotatable bonds is 3. The van der Waals surface area contributed by atoms with Gasteiger partial charge in [-0.25, -0.2) is 0 Å². The predicted octanol–water partition coefficient (Wildman–Crippen LogP) is 2.15. The molecule has 0 bridgehead atoms. The summed E-state index contributed by atoms with van der Waals surface area (Å²) in [7, 11) is 0. The number of thioether (sulfide) groups is 1. The minimum atomic E-state index is 1.00. The van der Waals surface area contributed by atoms with Crippen molar-refractivity contribution in [2.45, 2.75) is 20.3 Å². The number of hydrogen-bond acceptors (Lipinski definition) is 1. The van der Waals surface area contributed by atoms with Gasteiger partial charge in [-0.05, 0) is 19.1 Å². The zero-order valence-electron chi connectivity index (χ0n) is 5.53. The molecule has 0 atom stereocenters. The summed E-state index contributed by atoms with van der Waals surface area (Å²) < 4.78 is 0. The maximum atomic E-state index is 3.00. The second-order valence-corrected chi connectivity index (χ2v) is 2.58. The van der Waals surface area contributed by atoms with Crippen LogP contribution in [0.1, 0.15) is 20.3 Å². The van der Waals surface area contributed by atoms with E-state index in [1.54, 1.807) is 0 Å². The molecule has 0 rings (SSSR count). The average molecular weight is 128 g/mol. The normalized spacial score (nSPS) is 7.75. The monoisotopic (exact) mass is 128 g/mol. The van der Waals surface area contributed by atoms with Crippen LogP contribution in [0.5, 0.6) is 0 Å². The molecule has 8 heavy (non-hydrogen) atoms. The van der Waals surface area contributed by atoms with Crippen LogP contribution < -0.4 is 0 Å². The van der Waals surface area contributed by atoms with Gasteiger partial charge >= 0.3 is 0 Å². The van der Waals surface area contributed by atoms with Crippen LogP contribution in [0.25, 0.3) is 0 Å². The Balaban J connectivity index is 2.79. The van der Waals surface area contributed by atoms with Gasteiger partial charge in [0, 0.05) is 0 Å². The van der Waals surface area contributed by atoms with Gasteiger partial charge in [-0.3, -0.25) is 0 Å². The molecule has 0 saturated carbocycles. The van der Waals surface area contributed by atoms with Gasteiger partial charge in [0.15, 0.2) is 0 Å². The fourth-order valence-electron chi connectivity index (χ4n) is 0.340. The van der Waals surface area contributed by atoms with Crippen molar-refractivity contribution in [3.05, 3.63) is 0 Å². The van der Waals surface area contributed by atoms with Crippen LogP contribution in [0.3, 0.4) is 0 Å². The highest BCUT2D eigenvalue weighted by molar-refractivity contribution is 7.99. The predicted molar refractivity (Wildman–Crippen MR) is 41.1 cm³/mol. The van der Waals surface area contributed by atoms with Crippen LogP contribution in [-0.4, -0.2) is 11.5 Å². The third-order valence-corrected chi connectivity index (χ3v) is 1.74. The summed E-state index contributed by atoms with van der Waals surface area (Å²) in [4.78, 5) is 0. The van der Waals surface area contributed by atoms with Crippen molar-refractivity contribution in [1.29, 1.82) is 0 Å². The Morgan fingerprint density at radius 2 is 2.25 bits per heavy atom. The van der Waals surface area contributed by atoms with Crippen molar-refractivity contribution in [1.82, 2.24) is 0 Å². The summed E-state index contributed by atoms with van der Waals surface area (Å²) in [5, 5.41) is 0. The second kappa shape index (κ2) is 6.91. The van der Waals surface area contributed by atoms with E-state index in [9.17, 15) is 0 Å². The Hall–Kier alpha value is -0.0900. The van der Waals surface area contributed by atoms with E-state index in [2.05, 4.69) is 18.8 Å². The molecule has 0 aromatic heterocycles. The Morgan fingerprint density at radius 1 is 1.50 bits per heavy atom. The van der Waals surface area contributed by atoms with E-state index in [-0.39, 0.29) is 0 Å². The van der Waals surface area contributed by atoms with Gasteiger partial charge in [0.25, 0.3) is 0 Å². The number of hydrogen-bond donors (Lipinski definition) is 0. The molecule has 0 heterocycles. The SMILES string of the molecule is CC#CCSCCC. The highest BCUT2D eigenvalue weighted by atomic mass is 32.2. The van der Waals surface area contributed by atoms with Crippen LogP contribution in [0, 0.1) is 11.8 Å². The first-order valence-electron chi connectivity index (χ1n) is 2.89. The van der Waals surface area contributed by atoms with Crippen molar-refractivity contribution in [2.24, 2.45) is 0 Å². The van der Waals surface area contributed by atoms with Gasteiger partial charge in [0.1, 0.15) is 0 Å². The summed E-state index contributed by atoms with van der Waals surface area (Å²) >= 11 is 1.90. The average Bonchev–Trinajstić information content (AvgIpc) is 1.81. The third-order valence-electron chi connectivity index (χ3n) is 0.699. The van der Waals surface area contributed by atoms with Gasteiger partial charge in [-0.2, -0.15) is 0 Å². The summed E-state index contributed by atoms with van der Waals surface area (Å²) in [5.74, 6) is 8.10. The maximum Gasteiger partial charge on any atom is 0.0547 e. The molecule has 46 valence electrons. The molecule has 0 fully saturated rings. The summed E-state index contributed by atoms with van der Waals surface area (Å²) in [6.45, 7) is 4.07. The smallest absolute Gasteiger partial charge is 0.0547 e. The molecule has 0 aromatic rings. The Labute approximate surface area is 56.1 Å². The molecule has 0 aliphatic rings. The van der Waals surface area contributed by atoms with Gasteiger partial charge in [0.05, 0.1) is 5.75 Å². The lowest BCUT2D eigenvalue weighted by atomic mass is 10.6. The van der Waals surface area contributed by atoms with Crippen LogP contribution >= 0.6 is 11.8 Å². The van der Waals surface area contributed by atoms with E-state index in [0.29, 0.717) is 0 Å². The molecule has 0 radical (unpaired) electrons. The van der Waals surface area contributed by atoms with Crippen molar-refractivity contribution < 1.29 is 0 Å². The fraction of sp³-hybridized carbons (Fsp3) is 0.714. The van der Waals surface area contributed by atoms with Crippen LogP contribution in [0.4, 0.5) is 0 Å². The van der Waals surface area contributed by atoms with Crippen molar-refractivity contribution >= 4 is 11.8 Å². The zero-order chi connectivity index (χ0) is 6.24. The Bertz CT molecular complexity index is 86.3. The molecule has 1 heteroatoms. The molecule has 0 saturated heterocycles. The molecule has 0 N–H and O–H groups in total. The second-order valence-electron chi connectivity index (χ2n) is 1.48. The standard InChI is InChI=1S/C7H12S/c1-3-5-7-8-6-4-2/h4,6-7H2,1-2H3. The maximum absolute atomic E-state index is 3.00. The van der Waals surface area contributed by atoms with E-state index in [4.69, 9.17) is 0 Å². The summed E-state index contributed by atoms with van der Waals surface area (Å²) in [6.07, 6.45) is 1.26. The fourth-order valence-corrected chi connectivity index (χ4v) is 1.02. The van der Waals surface area contributed by atoms with E-state index in [1.165, 1.54) is 12.2 Å². The van der Waals surface area contributed by atoms with Crippen LogP contribution in [0.15, 0.2) is 0 Å². The lowest BCUT2D eigenvalue weighted by Gasteiger charge is -1.87. The first kappa shape index (κ1) is 7.91. The molecule has 0 aliphatic carbocycles. The molecular formula is C7H12S. The van der Waals surface area contributed by atoms with Gasteiger partial charge < -0.3 is 0 Å². The third kappa shape index (κ3) is 5.91. The van der Waals surface area contributed by atoms with Gasteiger partial charge in [-0.15, -0.1) is 17.7 Å². The van der Waals surface area contributed by atoms with Crippen molar-refractivity contribution in [2.75, 3.05) is 11.5 Å². The van der Waals surface area contributed by atoms with E-state index in [1.807, 2.05) is 18.7 Å². The lowest BCUT2D eigenvalue weighted by molar-refractivity contribution is 1.11. The highest BCUT2D eigenvalue weighted by Gasteiger charge is 1.77. The van der Waals surface area contributed by atoms with Gasteiger partial charge in [0.2, 0.25) is 0 Å². The molecular weight excluding hydrogens is 116 g/mol. The first-order chi connectivity index (χ1) is 3.91. The molecule has 0 aromatic carbocycles. The molecule has 0 aliphatic heterocycles.